The van der Waals surface area contributed by atoms with E-state index in [2.05, 4.69) is 21.2 Å². The molecule has 0 amide bonds. The molecule has 20 heavy (non-hydrogen) atoms. The molecule has 0 spiro atoms. The van der Waals surface area contributed by atoms with E-state index >= 15 is 0 Å². The second kappa shape index (κ2) is 6.72. The Morgan fingerprint density at radius 1 is 1.30 bits per heavy atom. The van der Waals surface area contributed by atoms with Gasteiger partial charge in [0.15, 0.2) is 0 Å². The normalized spacial score (nSPS) is 12.0. The van der Waals surface area contributed by atoms with E-state index in [1.54, 1.807) is 43.5 Å². The number of hydrogen-bond acceptors (Lipinski definition) is 3. The first kappa shape index (κ1) is 14.8. The van der Waals surface area contributed by atoms with Crippen molar-refractivity contribution in [3.05, 3.63) is 58.3 Å². The molecule has 5 heteroatoms. The standard InChI is InChI=1S/C15H15BrFNO2/c1-20-11-5-2-4-10(8-11)14(19)9-18-15-12(16)6-3-7-13(15)17/h2-8,14,18-19H,9H2,1H3. The molecule has 2 rings (SSSR count). The van der Waals surface area contributed by atoms with Gasteiger partial charge in [-0.3, -0.25) is 0 Å². The molecule has 0 bridgehead atoms. The molecule has 0 aromatic heterocycles. The number of para-hydroxylation sites is 1. The van der Waals surface area contributed by atoms with Gasteiger partial charge in [-0.1, -0.05) is 18.2 Å². The summed E-state index contributed by atoms with van der Waals surface area (Å²) in [5.41, 5.74) is 1.05. The number of aliphatic hydroxyl groups is 1. The summed E-state index contributed by atoms with van der Waals surface area (Å²) in [6, 6.07) is 11.9. The largest absolute Gasteiger partial charge is 0.497 e. The van der Waals surface area contributed by atoms with E-state index in [0.717, 1.165) is 0 Å². The molecule has 2 aromatic carbocycles. The molecule has 1 unspecified atom stereocenters. The lowest BCUT2D eigenvalue weighted by molar-refractivity contribution is 0.191. The predicted molar refractivity (Wildman–Crippen MR) is 80.5 cm³/mol. The van der Waals surface area contributed by atoms with Crippen LogP contribution < -0.4 is 10.1 Å². The third-order valence-electron chi connectivity index (χ3n) is 2.91. The summed E-state index contributed by atoms with van der Waals surface area (Å²) in [4.78, 5) is 0. The van der Waals surface area contributed by atoms with Crippen LogP contribution in [0.3, 0.4) is 0 Å². The second-order valence-corrected chi connectivity index (χ2v) is 5.12. The molecule has 0 aliphatic rings. The van der Waals surface area contributed by atoms with Crippen LogP contribution >= 0.6 is 15.9 Å². The second-order valence-electron chi connectivity index (χ2n) is 4.27. The topological polar surface area (TPSA) is 41.5 Å². The van der Waals surface area contributed by atoms with E-state index in [0.29, 0.717) is 21.5 Å². The molecule has 0 aliphatic carbocycles. The van der Waals surface area contributed by atoms with Gasteiger partial charge in [-0.2, -0.15) is 0 Å². The zero-order valence-electron chi connectivity index (χ0n) is 10.9. The molecule has 0 heterocycles. The van der Waals surface area contributed by atoms with Crippen LogP contribution in [0.1, 0.15) is 11.7 Å². The summed E-state index contributed by atoms with van der Waals surface area (Å²) in [7, 11) is 1.57. The third-order valence-corrected chi connectivity index (χ3v) is 3.57. The molecule has 0 fully saturated rings. The first-order valence-electron chi connectivity index (χ1n) is 6.11. The van der Waals surface area contributed by atoms with Gasteiger partial charge in [0, 0.05) is 11.0 Å². The molecule has 0 aliphatic heterocycles. The minimum absolute atomic E-state index is 0.201. The Bertz CT molecular complexity index is 572. The Morgan fingerprint density at radius 2 is 2.05 bits per heavy atom. The van der Waals surface area contributed by atoms with E-state index in [9.17, 15) is 9.50 Å². The van der Waals surface area contributed by atoms with Crippen LogP contribution in [-0.4, -0.2) is 18.8 Å². The van der Waals surface area contributed by atoms with Gasteiger partial charge in [-0.05, 0) is 45.8 Å². The highest BCUT2D eigenvalue weighted by atomic mass is 79.9. The minimum atomic E-state index is -0.753. The van der Waals surface area contributed by atoms with Crippen molar-refractivity contribution in [1.82, 2.24) is 0 Å². The SMILES string of the molecule is COc1cccc(C(O)CNc2c(F)cccc2Br)c1. The van der Waals surface area contributed by atoms with E-state index in [1.807, 2.05) is 0 Å². The fourth-order valence-corrected chi connectivity index (χ4v) is 2.31. The average molecular weight is 340 g/mol. The molecule has 2 aromatic rings. The van der Waals surface area contributed by atoms with Gasteiger partial charge in [-0.15, -0.1) is 0 Å². The highest BCUT2D eigenvalue weighted by Crippen LogP contribution is 2.26. The maximum atomic E-state index is 13.6. The van der Waals surface area contributed by atoms with Crippen LogP contribution in [-0.2, 0) is 0 Å². The van der Waals surface area contributed by atoms with E-state index in [4.69, 9.17) is 4.74 Å². The summed E-state index contributed by atoms with van der Waals surface area (Å²) in [5, 5.41) is 13.0. The van der Waals surface area contributed by atoms with Crippen LogP contribution in [0.25, 0.3) is 0 Å². The number of halogens is 2. The van der Waals surface area contributed by atoms with Gasteiger partial charge >= 0.3 is 0 Å². The first-order chi connectivity index (χ1) is 9.61. The Morgan fingerprint density at radius 3 is 2.75 bits per heavy atom. The summed E-state index contributed by atoms with van der Waals surface area (Å²) in [6.45, 7) is 0.201. The Hall–Kier alpha value is -1.59. The van der Waals surface area contributed by atoms with Crippen molar-refractivity contribution in [2.75, 3.05) is 19.0 Å². The molecule has 0 saturated carbocycles. The van der Waals surface area contributed by atoms with Crippen molar-refractivity contribution in [3.63, 3.8) is 0 Å². The van der Waals surface area contributed by atoms with Crippen molar-refractivity contribution in [2.45, 2.75) is 6.10 Å². The molecule has 1 atom stereocenters. The monoisotopic (exact) mass is 339 g/mol. The maximum Gasteiger partial charge on any atom is 0.147 e. The van der Waals surface area contributed by atoms with Gasteiger partial charge < -0.3 is 15.2 Å². The number of ether oxygens (including phenoxy) is 1. The summed E-state index contributed by atoms with van der Waals surface area (Å²) in [5.74, 6) is 0.311. The quantitative estimate of drug-likeness (QED) is 0.871. The number of methoxy groups -OCH3 is 1. The van der Waals surface area contributed by atoms with Crippen LogP contribution in [0.2, 0.25) is 0 Å². The van der Waals surface area contributed by atoms with Crippen molar-refractivity contribution < 1.29 is 14.2 Å². The smallest absolute Gasteiger partial charge is 0.147 e. The molecular formula is C15H15BrFNO2. The zero-order chi connectivity index (χ0) is 14.5. The molecule has 0 radical (unpaired) electrons. The van der Waals surface area contributed by atoms with Gasteiger partial charge in [0.25, 0.3) is 0 Å². The number of aliphatic hydroxyl groups excluding tert-OH is 1. The summed E-state index contributed by atoms with van der Waals surface area (Å²) < 4.78 is 19.4. The molecule has 3 nitrogen and oxygen atoms in total. The lowest BCUT2D eigenvalue weighted by atomic mass is 10.1. The highest BCUT2D eigenvalue weighted by Gasteiger charge is 2.11. The summed E-state index contributed by atoms with van der Waals surface area (Å²) >= 11 is 3.27. The number of hydrogen-bond donors (Lipinski definition) is 2. The van der Waals surface area contributed by atoms with Crippen molar-refractivity contribution in [3.8, 4) is 5.75 Å². The number of anilines is 1. The zero-order valence-corrected chi connectivity index (χ0v) is 12.5. The van der Waals surface area contributed by atoms with Crippen LogP contribution in [0.5, 0.6) is 5.75 Å². The van der Waals surface area contributed by atoms with E-state index < -0.39 is 6.10 Å². The minimum Gasteiger partial charge on any atom is -0.497 e. The highest BCUT2D eigenvalue weighted by molar-refractivity contribution is 9.10. The van der Waals surface area contributed by atoms with Crippen molar-refractivity contribution in [2.24, 2.45) is 0 Å². The fraction of sp³-hybridized carbons (Fsp3) is 0.200. The Balaban J connectivity index is 2.06. The van der Waals surface area contributed by atoms with Gasteiger partial charge in [0.1, 0.15) is 11.6 Å². The summed E-state index contributed by atoms with van der Waals surface area (Å²) in [6.07, 6.45) is -0.753. The third kappa shape index (κ3) is 3.49. The number of benzene rings is 2. The molecule has 2 N–H and O–H groups in total. The lowest BCUT2D eigenvalue weighted by Crippen LogP contribution is -2.13. The molecule has 0 saturated heterocycles. The van der Waals surface area contributed by atoms with E-state index in [-0.39, 0.29) is 12.4 Å². The van der Waals surface area contributed by atoms with Gasteiger partial charge in [0.05, 0.1) is 18.9 Å². The maximum absolute atomic E-state index is 13.6. The molecule has 106 valence electrons. The lowest BCUT2D eigenvalue weighted by Gasteiger charge is -2.15. The molecular weight excluding hydrogens is 325 g/mol. The Kier molecular flexibility index (Phi) is 4.98. The predicted octanol–water partition coefficient (Wildman–Crippen LogP) is 3.74. The van der Waals surface area contributed by atoms with E-state index in [1.165, 1.54) is 6.07 Å². The fourth-order valence-electron chi connectivity index (χ4n) is 1.83. The van der Waals surface area contributed by atoms with Crippen LogP contribution in [0.4, 0.5) is 10.1 Å². The number of nitrogens with one attached hydrogen (secondary N) is 1. The Labute approximate surface area is 125 Å². The van der Waals surface area contributed by atoms with Crippen LogP contribution in [0.15, 0.2) is 46.9 Å². The average Bonchev–Trinajstić information content (AvgIpc) is 2.46. The van der Waals surface area contributed by atoms with Crippen molar-refractivity contribution >= 4 is 21.6 Å². The van der Waals surface area contributed by atoms with Gasteiger partial charge in [-0.25, -0.2) is 4.39 Å². The van der Waals surface area contributed by atoms with Crippen LogP contribution in [0, 0.1) is 5.82 Å². The first-order valence-corrected chi connectivity index (χ1v) is 6.91. The van der Waals surface area contributed by atoms with Gasteiger partial charge in [0.2, 0.25) is 0 Å². The number of rotatable bonds is 5. The van der Waals surface area contributed by atoms with Crippen molar-refractivity contribution in [1.29, 1.82) is 0 Å².